The number of furan rings is 1. The topological polar surface area (TPSA) is 86.1 Å². The zero-order chi connectivity index (χ0) is 23.0. The molecule has 0 spiro atoms. The number of para-hydroxylation sites is 2. The SMILES string of the molecule is O=C([C@@H]1COc2ccccc2O1)N(Cc1ccc(-c2ccc(F)cc2)o1)[C@@H]1CCS(=O)(=O)C1. The van der Waals surface area contributed by atoms with Gasteiger partial charge in [0.2, 0.25) is 6.10 Å². The zero-order valence-electron chi connectivity index (χ0n) is 17.6. The van der Waals surface area contributed by atoms with Crippen LogP contribution < -0.4 is 9.47 Å². The molecule has 0 radical (unpaired) electrons. The smallest absolute Gasteiger partial charge is 0.267 e. The van der Waals surface area contributed by atoms with Gasteiger partial charge in [-0.3, -0.25) is 4.79 Å². The van der Waals surface area contributed by atoms with E-state index in [0.717, 1.165) is 0 Å². The quantitative estimate of drug-likeness (QED) is 0.567. The van der Waals surface area contributed by atoms with Crippen molar-refractivity contribution in [2.24, 2.45) is 0 Å². The van der Waals surface area contributed by atoms with Gasteiger partial charge >= 0.3 is 0 Å². The van der Waals surface area contributed by atoms with Gasteiger partial charge in [0.1, 0.15) is 23.9 Å². The Morgan fingerprint density at radius 1 is 1.03 bits per heavy atom. The third-order valence-electron chi connectivity index (χ3n) is 5.83. The number of carbonyl (C=O) groups excluding carboxylic acids is 1. The summed E-state index contributed by atoms with van der Waals surface area (Å²) in [7, 11) is -3.22. The average Bonchev–Trinajstić information content (AvgIpc) is 3.43. The number of hydrogen-bond acceptors (Lipinski definition) is 6. The summed E-state index contributed by atoms with van der Waals surface area (Å²) in [5.74, 6) is 1.28. The molecule has 0 bridgehead atoms. The second-order valence-electron chi connectivity index (χ2n) is 8.16. The number of sulfone groups is 1. The summed E-state index contributed by atoms with van der Waals surface area (Å²) in [5.41, 5.74) is 0.699. The molecule has 2 atom stereocenters. The fourth-order valence-corrected chi connectivity index (χ4v) is 5.87. The summed E-state index contributed by atoms with van der Waals surface area (Å²) in [6, 6.07) is 16.0. The van der Waals surface area contributed by atoms with Crippen molar-refractivity contribution in [2.75, 3.05) is 18.1 Å². The van der Waals surface area contributed by atoms with Crippen LogP contribution in [0.15, 0.2) is 65.1 Å². The zero-order valence-corrected chi connectivity index (χ0v) is 18.5. The van der Waals surface area contributed by atoms with Crippen molar-refractivity contribution in [3.05, 3.63) is 72.2 Å². The minimum Gasteiger partial charge on any atom is -0.485 e. The van der Waals surface area contributed by atoms with Gasteiger partial charge in [0.15, 0.2) is 21.3 Å². The predicted molar refractivity (Wildman–Crippen MR) is 118 cm³/mol. The van der Waals surface area contributed by atoms with Gasteiger partial charge in [-0.1, -0.05) is 12.1 Å². The number of fused-ring (bicyclic) bond motifs is 1. The molecule has 9 heteroatoms. The van der Waals surface area contributed by atoms with Crippen LogP contribution in [-0.4, -0.2) is 49.5 Å². The van der Waals surface area contributed by atoms with Crippen LogP contribution in [0.2, 0.25) is 0 Å². The fourth-order valence-electron chi connectivity index (χ4n) is 4.13. The summed E-state index contributed by atoms with van der Waals surface area (Å²) in [6.07, 6.45) is -0.543. The molecular weight excluding hydrogens is 449 g/mol. The molecule has 2 aliphatic rings. The van der Waals surface area contributed by atoms with Crippen molar-refractivity contribution in [1.82, 2.24) is 4.90 Å². The summed E-state index contributed by atoms with van der Waals surface area (Å²) in [4.78, 5) is 15.0. The van der Waals surface area contributed by atoms with Crippen LogP contribution in [0, 0.1) is 5.82 Å². The molecule has 3 heterocycles. The molecule has 7 nitrogen and oxygen atoms in total. The number of hydrogen-bond donors (Lipinski definition) is 0. The largest absolute Gasteiger partial charge is 0.485 e. The van der Waals surface area contributed by atoms with Gasteiger partial charge in [-0.15, -0.1) is 0 Å². The number of rotatable bonds is 5. The summed E-state index contributed by atoms with van der Waals surface area (Å²) in [6.45, 7) is 0.118. The Morgan fingerprint density at radius 3 is 2.52 bits per heavy atom. The molecule has 0 N–H and O–H groups in total. The highest BCUT2D eigenvalue weighted by atomic mass is 32.2. The first-order chi connectivity index (χ1) is 15.9. The van der Waals surface area contributed by atoms with E-state index in [9.17, 15) is 17.6 Å². The molecule has 3 aromatic rings. The number of carbonyl (C=O) groups is 1. The van der Waals surface area contributed by atoms with Gasteiger partial charge in [-0.2, -0.15) is 0 Å². The van der Waals surface area contributed by atoms with Gasteiger partial charge in [0.25, 0.3) is 5.91 Å². The number of halogens is 1. The molecule has 2 aliphatic heterocycles. The molecule has 1 amide bonds. The number of ether oxygens (including phenoxy) is 2. The Kier molecular flexibility index (Phi) is 5.57. The Hall–Kier alpha value is -3.33. The van der Waals surface area contributed by atoms with Crippen LogP contribution in [0.1, 0.15) is 12.2 Å². The second-order valence-corrected chi connectivity index (χ2v) is 10.4. The van der Waals surface area contributed by atoms with Gasteiger partial charge in [-0.25, -0.2) is 12.8 Å². The summed E-state index contributed by atoms with van der Waals surface area (Å²) in [5, 5.41) is 0. The molecule has 1 saturated heterocycles. The van der Waals surface area contributed by atoms with Crippen molar-refractivity contribution in [3.63, 3.8) is 0 Å². The molecule has 172 valence electrons. The Balaban J connectivity index is 1.39. The van der Waals surface area contributed by atoms with E-state index in [0.29, 0.717) is 35.0 Å². The van der Waals surface area contributed by atoms with Crippen molar-refractivity contribution < 1.29 is 31.5 Å². The standard InChI is InChI=1S/C24H22FNO6S/c25-17-7-5-16(6-8-17)20-10-9-19(31-20)13-26(18-11-12-33(28,29)15-18)24(27)23-14-30-21-3-1-2-4-22(21)32-23/h1-10,18,23H,11-15H2/t18-,23+/m1/s1. The Morgan fingerprint density at radius 2 is 1.79 bits per heavy atom. The van der Waals surface area contributed by atoms with Gasteiger partial charge in [0.05, 0.1) is 18.1 Å². The molecule has 5 rings (SSSR count). The fraction of sp³-hybridized carbons (Fsp3) is 0.292. The lowest BCUT2D eigenvalue weighted by Gasteiger charge is -2.33. The maximum Gasteiger partial charge on any atom is 0.267 e. The van der Waals surface area contributed by atoms with E-state index in [1.807, 2.05) is 6.07 Å². The van der Waals surface area contributed by atoms with E-state index in [-0.39, 0.29) is 36.4 Å². The molecule has 1 aromatic heterocycles. The first-order valence-electron chi connectivity index (χ1n) is 10.6. The van der Waals surface area contributed by atoms with Crippen LogP contribution >= 0.6 is 0 Å². The third kappa shape index (κ3) is 4.59. The highest BCUT2D eigenvalue weighted by Crippen LogP contribution is 2.32. The maximum atomic E-state index is 13.5. The van der Waals surface area contributed by atoms with E-state index in [1.165, 1.54) is 17.0 Å². The molecule has 0 aliphatic carbocycles. The Bertz CT molecular complexity index is 1270. The van der Waals surface area contributed by atoms with E-state index >= 15 is 0 Å². The molecule has 1 fully saturated rings. The number of benzene rings is 2. The third-order valence-corrected chi connectivity index (χ3v) is 7.58. The van der Waals surface area contributed by atoms with Crippen LogP contribution in [0.5, 0.6) is 11.5 Å². The van der Waals surface area contributed by atoms with Crippen LogP contribution in [0.3, 0.4) is 0 Å². The first-order valence-corrected chi connectivity index (χ1v) is 12.4. The van der Waals surface area contributed by atoms with Gasteiger partial charge in [-0.05, 0) is 55.0 Å². The molecule has 2 aromatic carbocycles. The van der Waals surface area contributed by atoms with Crippen molar-refractivity contribution in [2.45, 2.75) is 25.1 Å². The Labute approximate surface area is 190 Å². The van der Waals surface area contributed by atoms with Crippen LogP contribution in [0.4, 0.5) is 4.39 Å². The average molecular weight is 472 g/mol. The number of nitrogens with zero attached hydrogens (tertiary/aromatic N) is 1. The van der Waals surface area contributed by atoms with Crippen LogP contribution in [0.25, 0.3) is 11.3 Å². The highest BCUT2D eigenvalue weighted by Gasteiger charge is 2.39. The lowest BCUT2D eigenvalue weighted by atomic mass is 10.1. The normalized spacial score (nSPS) is 21.0. The first kappa shape index (κ1) is 21.5. The van der Waals surface area contributed by atoms with E-state index in [4.69, 9.17) is 13.9 Å². The van der Waals surface area contributed by atoms with Gasteiger partial charge < -0.3 is 18.8 Å². The predicted octanol–water partition coefficient (Wildman–Crippen LogP) is 3.44. The van der Waals surface area contributed by atoms with E-state index < -0.39 is 22.0 Å². The molecule has 0 unspecified atom stereocenters. The van der Waals surface area contributed by atoms with Crippen molar-refractivity contribution in [1.29, 1.82) is 0 Å². The minimum atomic E-state index is -3.22. The summed E-state index contributed by atoms with van der Waals surface area (Å²) < 4.78 is 55.0. The van der Waals surface area contributed by atoms with Crippen LogP contribution in [-0.2, 0) is 21.2 Å². The number of amides is 1. The molecule has 33 heavy (non-hydrogen) atoms. The van der Waals surface area contributed by atoms with E-state index in [2.05, 4.69) is 0 Å². The lowest BCUT2D eigenvalue weighted by molar-refractivity contribution is -0.144. The minimum absolute atomic E-state index is 0.0325. The maximum absolute atomic E-state index is 13.5. The van der Waals surface area contributed by atoms with Crippen molar-refractivity contribution in [3.8, 4) is 22.8 Å². The van der Waals surface area contributed by atoms with Gasteiger partial charge in [0, 0.05) is 11.6 Å². The van der Waals surface area contributed by atoms with Crippen molar-refractivity contribution >= 4 is 15.7 Å². The second kappa shape index (κ2) is 8.55. The highest BCUT2D eigenvalue weighted by molar-refractivity contribution is 7.91. The van der Waals surface area contributed by atoms with E-state index in [1.54, 1.807) is 42.5 Å². The monoisotopic (exact) mass is 471 g/mol. The molecular formula is C24H22FNO6S. The summed E-state index contributed by atoms with van der Waals surface area (Å²) >= 11 is 0. The molecule has 0 saturated carbocycles. The lowest BCUT2D eigenvalue weighted by Crippen LogP contribution is -2.50.